The van der Waals surface area contributed by atoms with Crippen LogP contribution in [0, 0.1) is 0 Å². The van der Waals surface area contributed by atoms with Gasteiger partial charge in [-0.3, -0.25) is 0 Å². The molecule has 10 aromatic carbocycles. The second-order valence-electron chi connectivity index (χ2n) is 16.5. The normalized spacial score (nSPS) is 12.6. The van der Waals surface area contributed by atoms with E-state index in [4.69, 9.17) is 0 Å². The van der Waals surface area contributed by atoms with Crippen molar-refractivity contribution in [3.05, 3.63) is 236 Å². The average molecular weight is 766 g/mol. The number of anilines is 3. The maximum absolute atomic E-state index is 2.39. The number of benzene rings is 10. The van der Waals surface area contributed by atoms with Crippen molar-refractivity contribution in [2.75, 3.05) is 4.90 Å². The lowest BCUT2D eigenvalue weighted by Gasteiger charge is -2.27. The number of nitrogens with zero attached hydrogens (tertiary/aromatic N) is 1. The lowest BCUT2D eigenvalue weighted by atomic mass is 9.82. The molecule has 1 aliphatic rings. The van der Waals surface area contributed by atoms with E-state index in [1.807, 2.05) is 0 Å². The second-order valence-corrected chi connectivity index (χ2v) is 16.5. The van der Waals surface area contributed by atoms with Gasteiger partial charge in [0.1, 0.15) is 0 Å². The molecule has 0 saturated carbocycles. The third-order valence-electron chi connectivity index (χ3n) is 12.7. The van der Waals surface area contributed by atoms with Crippen molar-refractivity contribution in [2.45, 2.75) is 19.3 Å². The van der Waals surface area contributed by atoms with Crippen molar-refractivity contribution in [3.8, 4) is 55.6 Å². The highest BCUT2D eigenvalue weighted by Gasteiger charge is 2.36. The zero-order valence-electron chi connectivity index (χ0n) is 33.8. The Kier molecular flexibility index (Phi) is 8.57. The maximum Gasteiger partial charge on any atom is 0.0467 e. The molecule has 0 amide bonds. The Morgan fingerprint density at radius 2 is 0.817 bits per heavy atom. The van der Waals surface area contributed by atoms with Crippen LogP contribution in [0.15, 0.2) is 224 Å². The third kappa shape index (κ3) is 6.10. The van der Waals surface area contributed by atoms with E-state index in [1.165, 1.54) is 88.3 Å². The molecule has 0 atom stereocenters. The van der Waals surface area contributed by atoms with Crippen LogP contribution in [-0.4, -0.2) is 0 Å². The number of hydrogen-bond acceptors (Lipinski definition) is 1. The lowest BCUT2D eigenvalue weighted by Crippen LogP contribution is -2.14. The van der Waals surface area contributed by atoms with E-state index in [1.54, 1.807) is 0 Å². The zero-order valence-corrected chi connectivity index (χ0v) is 33.8. The summed E-state index contributed by atoms with van der Waals surface area (Å²) in [7, 11) is 0. The van der Waals surface area contributed by atoms with Crippen LogP contribution in [0.5, 0.6) is 0 Å². The summed E-state index contributed by atoms with van der Waals surface area (Å²) in [6.07, 6.45) is 0. The topological polar surface area (TPSA) is 3.24 Å². The van der Waals surface area contributed by atoms with Crippen LogP contribution in [0.4, 0.5) is 17.1 Å². The minimum atomic E-state index is -0.0596. The summed E-state index contributed by atoms with van der Waals surface area (Å²) in [6.45, 7) is 4.70. The summed E-state index contributed by atoms with van der Waals surface area (Å²) < 4.78 is 0. The standard InChI is InChI=1S/C59H43N/c1-59(2)56-22-8-7-19-55(56)58-54(21-11-23-57(58)59)48-16-9-17-51(39-48)60(50-36-32-45(33-37-50)53-20-10-15-44-13-5-6-18-52(44)53)49-34-30-42(31-35-49)41-24-26-43(27-25-41)47-29-28-40-12-3-4-14-46(40)38-47/h3-39H,1-2H3. The first kappa shape index (κ1) is 35.7. The Labute approximate surface area is 352 Å². The highest BCUT2D eigenvalue weighted by Crippen LogP contribution is 2.52. The van der Waals surface area contributed by atoms with Crippen LogP contribution in [0.2, 0.25) is 0 Å². The molecule has 0 N–H and O–H groups in total. The van der Waals surface area contributed by atoms with Crippen LogP contribution in [-0.2, 0) is 5.41 Å². The lowest BCUT2D eigenvalue weighted by molar-refractivity contribution is 0.660. The number of fused-ring (bicyclic) bond motifs is 5. The third-order valence-corrected chi connectivity index (χ3v) is 12.7. The first-order valence-electron chi connectivity index (χ1n) is 20.9. The van der Waals surface area contributed by atoms with E-state index in [0.29, 0.717) is 0 Å². The van der Waals surface area contributed by atoms with Crippen LogP contribution >= 0.6 is 0 Å². The molecule has 60 heavy (non-hydrogen) atoms. The smallest absolute Gasteiger partial charge is 0.0467 e. The SMILES string of the molecule is CC1(C)c2ccccc2-c2c(-c3cccc(N(c4ccc(-c5ccc(-c6ccc7ccccc7c6)cc5)cc4)c4ccc(-c5cccc6ccccc56)cc4)c3)cccc21. The molecule has 11 rings (SSSR count). The van der Waals surface area contributed by atoms with Crippen LogP contribution in [0.25, 0.3) is 77.2 Å². The number of hydrogen-bond donors (Lipinski definition) is 0. The highest BCUT2D eigenvalue weighted by molar-refractivity contribution is 5.98. The summed E-state index contributed by atoms with van der Waals surface area (Å²) in [5, 5.41) is 5.03. The summed E-state index contributed by atoms with van der Waals surface area (Å²) >= 11 is 0. The van der Waals surface area contributed by atoms with E-state index in [2.05, 4.69) is 243 Å². The van der Waals surface area contributed by atoms with Gasteiger partial charge in [-0.05, 0) is 131 Å². The van der Waals surface area contributed by atoms with Gasteiger partial charge < -0.3 is 4.90 Å². The Morgan fingerprint density at radius 1 is 0.300 bits per heavy atom. The van der Waals surface area contributed by atoms with Crippen molar-refractivity contribution in [1.29, 1.82) is 0 Å². The molecule has 0 unspecified atom stereocenters. The van der Waals surface area contributed by atoms with Gasteiger partial charge in [-0.15, -0.1) is 0 Å². The van der Waals surface area contributed by atoms with Crippen molar-refractivity contribution in [1.82, 2.24) is 0 Å². The zero-order chi connectivity index (χ0) is 40.2. The molecule has 1 aliphatic carbocycles. The Balaban J connectivity index is 0.981. The van der Waals surface area contributed by atoms with Crippen molar-refractivity contribution in [3.63, 3.8) is 0 Å². The van der Waals surface area contributed by atoms with E-state index < -0.39 is 0 Å². The molecule has 0 bridgehead atoms. The molecular formula is C59H43N. The van der Waals surface area contributed by atoms with Crippen molar-refractivity contribution >= 4 is 38.6 Å². The molecule has 284 valence electrons. The first-order valence-corrected chi connectivity index (χ1v) is 20.9. The van der Waals surface area contributed by atoms with Gasteiger partial charge >= 0.3 is 0 Å². The summed E-state index contributed by atoms with van der Waals surface area (Å²) in [4.78, 5) is 2.39. The fourth-order valence-electron chi connectivity index (χ4n) is 9.55. The minimum Gasteiger partial charge on any atom is -0.310 e. The summed E-state index contributed by atoms with van der Waals surface area (Å²) in [6, 6.07) is 82.3. The second kappa shape index (κ2) is 14.4. The predicted molar refractivity (Wildman–Crippen MR) is 255 cm³/mol. The molecular weight excluding hydrogens is 723 g/mol. The van der Waals surface area contributed by atoms with E-state index >= 15 is 0 Å². The van der Waals surface area contributed by atoms with Gasteiger partial charge in [0.2, 0.25) is 0 Å². The van der Waals surface area contributed by atoms with Gasteiger partial charge in [0.25, 0.3) is 0 Å². The quantitative estimate of drug-likeness (QED) is 0.156. The van der Waals surface area contributed by atoms with Crippen LogP contribution in [0.1, 0.15) is 25.0 Å². The monoisotopic (exact) mass is 765 g/mol. The molecule has 1 heteroatoms. The van der Waals surface area contributed by atoms with Crippen LogP contribution in [0.3, 0.4) is 0 Å². The Morgan fingerprint density at radius 3 is 1.58 bits per heavy atom. The Hall–Kier alpha value is -7.48. The van der Waals surface area contributed by atoms with Gasteiger partial charge in [0.15, 0.2) is 0 Å². The molecule has 10 aromatic rings. The number of rotatable bonds is 7. The molecule has 0 radical (unpaired) electrons. The van der Waals surface area contributed by atoms with Gasteiger partial charge in [-0.1, -0.05) is 196 Å². The maximum atomic E-state index is 2.39. The molecule has 0 aromatic heterocycles. The van der Waals surface area contributed by atoms with Crippen molar-refractivity contribution < 1.29 is 0 Å². The molecule has 1 nitrogen and oxygen atoms in total. The molecule has 0 saturated heterocycles. The van der Waals surface area contributed by atoms with Gasteiger partial charge in [-0.25, -0.2) is 0 Å². The fourth-order valence-corrected chi connectivity index (χ4v) is 9.55. The molecule has 0 aliphatic heterocycles. The Bertz CT molecular complexity index is 3200. The van der Waals surface area contributed by atoms with Gasteiger partial charge in [-0.2, -0.15) is 0 Å². The van der Waals surface area contributed by atoms with E-state index in [-0.39, 0.29) is 5.41 Å². The summed E-state index contributed by atoms with van der Waals surface area (Å²) in [5.74, 6) is 0. The van der Waals surface area contributed by atoms with E-state index in [9.17, 15) is 0 Å². The molecule has 0 spiro atoms. The fraction of sp³-hybridized carbons (Fsp3) is 0.0508. The molecule has 0 fully saturated rings. The largest absolute Gasteiger partial charge is 0.310 e. The molecule has 0 heterocycles. The predicted octanol–water partition coefficient (Wildman–Crippen LogP) is 16.4. The van der Waals surface area contributed by atoms with Crippen molar-refractivity contribution in [2.24, 2.45) is 0 Å². The minimum absolute atomic E-state index is 0.0596. The first-order chi connectivity index (χ1) is 29.5. The van der Waals surface area contributed by atoms with Crippen LogP contribution < -0.4 is 4.90 Å². The average Bonchev–Trinajstić information content (AvgIpc) is 3.55. The van der Waals surface area contributed by atoms with Gasteiger partial charge in [0.05, 0.1) is 0 Å². The highest BCUT2D eigenvalue weighted by atomic mass is 15.1. The van der Waals surface area contributed by atoms with Gasteiger partial charge in [0, 0.05) is 22.5 Å². The summed E-state index contributed by atoms with van der Waals surface area (Å²) in [5.41, 5.74) is 18.5. The van der Waals surface area contributed by atoms with E-state index in [0.717, 1.165) is 17.1 Å².